The van der Waals surface area contributed by atoms with Crippen molar-refractivity contribution in [3.63, 3.8) is 0 Å². The van der Waals surface area contributed by atoms with Gasteiger partial charge in [0, 0.05) is 23.0 Å². The van der Waals surface area contributed by atoms with Crippen LogP contribution in [-0.2, 0) is 10.0 Å². The third kappa shape index (κ3) is 4.25. The molecule has 0 spiro atoms. The summed E-state index contributed by atoms with van der Waals surface area (Å²) < 4.78 is 25.8. The molecule has 0 aliphatic rings. The van der Waals surface area contributed by atoms with Crippen LogP contribution >= 0.6 is 0 Å². The highest BCUT2D eigenvalue weighted by molar-refractivity contribution is 7.89. The van der Waals surface area contributed by atoms with Crippen molar-refractivity contribution < 1.29 is 18.3 Å². The number of aromatic nitrogens is 1. The summed E-state index contributed by atoms with van der Waals surface area (Å²) in [7, 11) is -2.67. The van der Waals surface area contributed by atoms with E-state index in [1.165, 1.54) is 13.1 Å². The molecule has 0 saturated carbocycles. The van der Waals surface area contributed by atoms with Gasteiger partial charge in [-0.25, -0.2) is 13.1 Å². The van der Waals surface area contributed by atoms with E-state index in [1.54, 1.807) is 6.07 Å². The number of pyridine rings is 1. The number of sulfonamides is 1. The Morgan fingerprint density at radius 2 is 1.88 bits per heavy atom. The van der Waals surface area contributed by atoms with Crippen molar-refractivity contribution in [2.24, 2.45) is 0 Å². The number of hydrogen-bond acceptors (Lipinski definition) is 5. The Morgan fingerprint density at radius 1 is 1.20 bits per heavy atom. The SMILES string of the molecule is CNS(=O)(=O)c1cc(NC(=O)c2cc(C(C)C)[nH]c(=O)c2)ccc1O. The molecule has 134 valence electrons. The van der Waals surface area contributed by atoms with Crippen LogP contribution in [0.5, 0.6) is 5.75 Å². The van der Waals surface area contributed by atoms with Gasteiger partial charge in [0.05, 0.1) is 0 Å². The predicted molar refractivity (Wildman–Crippen MR) is 93.5 cm³/mol. The van der Waals surface area contributed by atoms with Gasteiger partial charge in [-0.3, -0.25) is 9.59 Å². The standard InChI is InChI=1S/C16H19N3O5S/c1-9(2)12-6-10(7-15(21)19-12)16(22)18-11-4-5-13(20)14(8-11)25(23,24)17-3/h4-9,17,20H,1-3H3,(H,18,22)(H,19,21). The maximum Gasteiger partial charge on any atom is 0.255 e. The van der Waals surface area contributed by atoms with Gasteiger partial charge in [-0.15, -0.1) is 0 Å². The molecule has 2 aromatic rings. The third-order valence-electron chi connectivity index (χ3n) is 3.53. The van der Waals surface area contributed by atoms with E-state index in [-0.39, 0.29) is 22.1 Å². The minimum Gasteiger partial charge on any atom is -0.507 e. The van der Waals surface area contributed by atoms with Gasteiger partial charge >= 0.3 is 0 Å². The number of phenolic OH excluding ortho intramolecular Hbond substituents is 1. The third-order valence-corrected chi connectivity index (χ3v) is 4.97. The molecule has 0 fully saturated rings. The summed E-state index contributed by atoms with van der Waals surface area (Å²) in [5.41, 5.74) is 0.531. The zero-order chi connectivity index (χ0) is 18.8. The summed E-state index contributed by atoms with van der Waals surface area (Å²) in [6.45, 7) is 3.75. The molecule has 0 radical (unpaired) electrons. The second-order valence-electron chi connectivity index (χ2n) is 5.69. The fourth-order valence-corrected chi connectivity index (χ4v) is 2.97. The number of hydrogen-bond donors (Lipinski definition) is 4. The van der Waals surface area contributed by atoms with E-state index in [4.69, 9.17) is 0 Å². The zero-order valence-corrected chi connectivity index (χ0v) is 14.8. The lowest BCUT2D eigenvalue weighted by atomic mass is 10.1. The molecule has 9 heteroatoms. The molecule has 4 N–H and O–H groups in total. The molecule has 0 unspecified atom stereocenters. The second-order valence-corrected chi connectivity index (χ2v) is 7.54. The number of nitrogens with one attached hydrogen (secondary N) is 3. The summed E-state index contributed by atoms with van der Waals surface area (Å²) in [6.07, 6.45) is 0. The lowest BCUT2D eigenvalue weighted by molar-refractivity contribution is 0.102. The lowest BCUT2D eigenvalue weighted by Gasteiger charge is -2.11. The first-order chi connectivity index (χ1) is 11.6. The van der Waals surface area contributed by atoms with Crippen LogP contribution in [0.15, 0.2) is 40.0 Å². The molecule has 0 aliphatic carbocycles. The van der Waals surface area contributed by atoms with Gasteiger partial charge in [0.2, 0.25) is 15.6 Å². The Hall–Kier alpha value is -2.65. The average molecular weight is 365 g/mol. The molecule has 0 saturated heterocycles. The first kappa shape index (κ1) is 18.7. The Bertz CT molecular complexity index is 964. The topological polar surface area (TPSA) is 128 Å². The van der Waals surface area contributed by atoms with Crippen LogP contribution in [0.2, 0.25) is 0 Å². The molecule has 1 aromatic heterocycles. The molecule has 0 atom stereocenters. The monoisotopic (exact) mass is 365 g/mol. The molecule has 0 aliphatic heterocycles. The number of amides is 1. The molecule has 25 heavy (non-hydrogen) atoms. The van der Waals surface area contributed by atoms with E-state index in [0.29, 0.717) is 5.69 Å². The number of carbonyl (C=O) groups excluding carboxylic acids is 1. The molecule has 2 rings (SSSR count). The molecular weight excluding hydrogens is 346 g/mol. The Balaban J connectivity index is 2.36. The Labute approximate surface area is 145 Å². The van der Waals surface area contributed by atoms with Crippen LogP contribution < -0.4 is 15.6 Å². The van der Waals surface area contributed by atoms with Gasteiger partial charge in [0.25, 0.3) is 5.91 Å². The lowest BCUT2D eigenvalue weighted by Crippen LogP contribution is -2.20. The first-order valence-electron chi connectivity index (χ1n) is 7.46. The number of H-pyrrole nitrogens is 1. The van der Waals surface area contributed by atoms with Crippen molar-refractivity contribution in [2.45, 2.75) is 24.7 Å². The molecular formula is C16H19N3O5S. The van der Waals surface area contributed by atoms with Crippen LogP contribution in [0, 0.1) is 0 Å². The highest BCUT2D eigenvalue weighted by atomic mass is 32.2. The largest absolute Gasteiger partial charge is 0.507 e. The minimum absolute atomic E-state index is 0.0292. The van der Waals surface area contributed by atoms with Crippen LogP contribution in [0.4, 0.5) is 5.69 Å². The number of anilines is 1. The van der Waals surface area contributed by atoms with Crippen LogP contribution in [0.3, 0.4) is 0 Å². The maximum absolute atomic E-state index is 12.4. The Kier molecular flexibility index (Phi) is 5.29. The second kappa shape index (κ2) is 7.08. The minimum atomic E-state index is -3.88. The molecule has 1 heterocycles. The maximum atomic E-state index is 12.4. The summed E-state index contributed by atoms with van der Waals surface area (Å²) in [5.74, 6) is -0.974. The predicted octanol–water partition coefficient (Wildman–Crippen LogP) is 1.36. The quantitative estimate of drug-likeness (QED) is 0.595. The Morgan fingerprint density at radius 3 is 2.48 bits per heavy atom. The van der Waals surface area contributed by atoms with Gasteiger partial charge in [-0.05, 0) is 37.2 Å². The van der Waals surface area contributed by atoms with Crippen molar-refractivity contribution in [2.75, 3.05) is 12.4 Å². The molecule has 1 amide bonds. The average Bonchev–Trinajstić information content (AvgIpc) is 2.55. The van der Waals surface area contributed by atoms with E-state index in [1.807, 2.05) is 13.8 Å². The van der Waals surface area contributed by atoms with Crippen molar-refractivity contribution in [1.82, 2.24) is 9.71 Å². The van der Waals surface area contributed by atoms with Gasteiger partial charge in [0.15, 0.2) is 0 Å². The van der Waals surface area contributed by atoms with Gasteiger partial charge in [-0.2, -0.15) is 0 Å². The van der Waals surface area contributed by atoms with E-state index < -0.39 is 27.2 Å². The van der Waals surface area contributed by atoms with Gasteiger partial charge in [0.1, 0.15) is 10.6 Å². The van der Waals surface area contributed by atoms with Gasteiger partial charge in [-0.1, -0.05) is 13.8 Å². The van der Waals surface area contributed by atoms with Crippen molar-refractivity contribution in [3.05, 3.63) is 51.9 Å². The first-order valence-corrected chi connectivity index (χ1v) is 8.94. The highest BCUT2D eigenvalue weighted by Gasteiger charge is 2.18. The summed E-state index contributed by atoms with van der Waals surface area (Å²) >= 11 is 0. The number of benzene rings is 1. The number of phenols is 1. The van der Waals surface area contributed by atoms with E-state index >= 15 is 0 Å². The van der Waals surface area contributed by atoms with E-state index in [9.17, 15) is 23.1 Å². The van der Waals surface area contributed by atoms with E-state index in [2.05, 4.69) is 15.0 Å². The summed E-state index contributed by atoms with van der Waals surface area (Å²) in [6, 6.07) is 6.38. The number of aromatic amines is 1. The molecule has 0 bridgehead atoms. The fraction of sp³-hybridized carbons (Fsp3) is 0.250. The molecule has 8 nitrogen and oxygen atoms in total. The molecule has 1 aromatic carbocycles. The fourth-order valence-electron chi connectivity index (χ4n) is 2.13. The van der Waals surface area contributed by atoms with Crippen LogP contribution in [-0.4, -0.2) is 31.5 Å². The highest BCUT2D eigenvalue weighted by Crippen LogP contribution is 2.26. The van der Waals surface area contributed by atoms with Crippen molar-refractivity contribution >= 4 is 21.6 Å². The van der Waals surface area contributed by atoms with Gasteiger partial charge < -0.3 is 15.4 Å². The number of aromatic hydroxyl groups is 1. The smallest absolute Gasteiger partial charge is 0.255 e. The zero-order valence-electron chi connectivity index (χ0n) is 14.0. The number of rotatable bonds is 5. The van der Waals surface area contributed by atoms with Crippen molar-refractivity contribution in [1.29, 1.82) is 0 Å². The van der Waals surface area contributed by atoms with Crippen LogP contribution in [0.1, 0.15) is 35.8 Å². The summed E-state index contributed by atoms with van der Waals surface area (Å²) in [4.78, 5) is 26.3. The number of carbonyl (C=O) groups is 1. The van der Waals surface area contributed by atoms with Crippen LogP contribution in [0.25, 0.3) is 0 Å². The summed E-state index contributed by atoms with van der Waals surface area (Å²) in [5, 5.41) is 12.2. The normalized spacial score (nSPS) is 11.5. The van der Waals surface area contributed by atoms with E-state index in [0.717, 1.165) is 18.2 Å². The van der Waals surface area contributed by atoms with Crippen molar-refractivity contribution in [3.8, 4) is 5.75 Å².